The molecule has 0 atom stereocenters. The summed E-state index contributed by atoms with van der Waals surface area (Å²) in [5.74, 6) is 0.906. The molecule has 3 nitrogen and oxygen atoms in total. The Kier molecular flexibility index (Phi) is 4.95. The molecule has 0 fully saturated rings. The molecular formula is C16H19NO2. The highest BCUT2D eigenvalue weighted by Crippen LogP contribution is 2.19. The van der Waals surface area contributed by atoms with Gasteiger partial charge < -0.3 is 15.2 Å². The van der Waals surface area contributed by atoms with E-state index in [1.165, 1.54) is 0 Å². The fourth-order valence-electron chi connectivity index (χ4n) is 1.88. The van der Waals surface area contributed by atoms with Crippen LogP contribution >= 0.6 is 0 Å². The van der Waals surface area contributed by atoms with E-state index in [1.807, 2.05) is 49.5 Å². The molecule has 3 heteroatoms. The van der Waals surface area contributed by atoms with Gasteiger partial charge in [-0.15, -0.1) is 0 Å². The smallest absolute Gasteiger partial charge is 0.124 e. The molecule has 2 aromatic rings. The van der Waals surface area contributed by atoms with Crippen LogP contribution in [-0.2, 0) is 19.8 Å². The molecule has 0 radical (unpaired) electrons. The van der Waals surface area contributed by atoms with Gasteiger partial charge in [-0.25, -0.2) is 0 Å². The van der Waals surface area contributed by atoms with Crippen molar-refractivity contribution in [3.05, 3.63) is 65.2 Å². The van der Waals surface area contributed by atoms with Gasteiger partial charge in [0.15, 0.2) is 0 Å². The van der Waals surface area contributed by atoms with E-state index in [0.717, 1.165) is 29.0 Å². The van der Waals surface area contributed by atoms with Crippen LogP contribution in [0.3, 0.4) is 0 Å². The zero-order valence-electron chi connectivity index (χ0n) is 11.1. The van der Waals surface area contributed by atoms with Crippen molar-refractivity contribution in [2.75, 3.05) is 7.05 Å². The van der Waals surface area contributed by atoms with Crippen LogP contribution in [0.4, 0.5) is 0 Å². The molecule has 0 amide bonds. The lowest BCUT2D eigenvalue weighted by molar-refractivity contribution is 0.281. The molecule has 0 aliphatic rings. The number of benzene rings is 2. The zero-order valence-corrected chi connectivity index (χ0v) is 11.1. The Hall–Kier alpha value is -1.84. The Morgan fingerprint density at radius 3 is 2.37 bits per heavy atom. The van der Waals surface area contributed by atoms with Crippen LogP contribution in [0.5, 0.6) is 5.75 Å². The molecule has 0 saturated carbocycles. The van der Waals surface area contributed by atoms with Crippen molar-refractivity contribution >= 4 is 0 Å². The van der Waals surface area contributed by atoms with Gasteiger partial charge in [-0.2, -0.15) is 0 Å². The molecule has 0 aliphatic carbocycles. The third kappa shape index (κ3) is 3.81. The van der Waals surface area contributed by atoms with Gasteiger partial charge in [0.05, 0.1) is 6.61 Å². The van der Waals surface area contributed by atoms with Crippen LogP contribution in [0.25, 0.3) is 0 Å². The summed E-state index contributed by atoms with van der Waals surface area (Å²) in [5.41, 5.74) is 3.16. The lowest BCUT2D eigenvalue weighted by atomic mass is 10.1. The van der Waals surface area contributed by atoms with E-state index >= 15 is 0 Å². The lowest BCUT2D eigenvalue weighted by Gasteiger charge is -2.11. The summed E-state index contributed by atoms with van der Waals surface area (Å²) in [4.78, 5) is 0. The Balaban J connectivity index is 2.01. The van der Waals surface area contributed by atoms with Gasteiger partial charge in [0.1, 0.15) is 12.4 Å². The topological polar surface area (TPSA) is 41.5 Å². The Labute approximate surface area is 113 Å². The van der Waals surface area contributed by atoms with Gasteiger partial charge in [-0.1, -0.05) is 42.5 Å². The van der Waals surface area contributed by atoms with E-state index in [-0.39, 0.29) is 6.61 Å². The van der Waals surface area contributed by atoms with Crippen LogP contribution in [-0.4, -0.2) is 12.2 Å². The number of hydrogen-bond acceptors (Lipinski definition) is 3. The Morgan fingerprint density at radius 1 is 1.00 bits per heavy atom. The minimum atomic E-state index is 0.0755. The Morgan fingerprint density at radius 2 is 1.68 bits per heavy atom. The van der Waals surface area contributed by atoms with E-state index in [9.17, 15) is 0 Å². The van der Waals surface area contributed by atoms with E-state index < -0.39 is 0 Å². The first-order chi connectivity index (χ1) is 9.33. The molecule has 19 heavy (non-hydrogen) atoms. The average Bonchev–Trinajstić information content (AvgIpc) is 2.47. The third-order valence-corrected chi connectivity index (χ3v) is 2.94. The van der Waals surface area contributed by atoms with Crippen molar-refractivity contribution in [3.63, 3.8) is 0 Å². The summed E-state index contributed by atoms with van der Waals surface area (Å²) >= 11 is 0. The van der Waals surface area contributed by atoms with E-state index in [0.29, 0.717) is 6.61 Å². The SMILES string of the molecule is CNCc1ccccc1OCc1ccc(CO)cc1. The fourth-order valence-corrected chi connectivity index (χ4v) is 1.88. The quantitative estimate of drug-likeness (QED) is 0.835. The van der Waals surface area contributed by atoms with Crippen LogP contribution in [0.1, 0.15) is 16.7 Å². The summed E-state index contributed by atoms with van der Waals surface area (Å²) in [7, 11) is 1.92. The van der Waals surface area contributed by atoms with Gasteiger partial charge in [0, 0.05) is 12.1 Å². The van der Waals surface area contributed by atoms with E-state index in [1.54, 1.807) is 0 Å². The molecule has 2 rings (SSSR count). The van der Waals surface area contributed by atoms with Gasteiger partial charge in [-0.05, 0) is 24.2 Å². The maximum absolute atomic E-state index is 8.99. The molecule has 0 unspecified atom stereocenters. The summed E-state index contributed by atoms with van der Waals surface area (Å²) in [6.07, 6.45) is 0. The summed E-state index contributed by atoms with van der Waals surface area (Å²) in [6, 6.07) is 15.8. The number of aliphatic hydroxyl groups excluding tert-OH is 1. The second-order valence-corrected chi connectivity index (χ2v) is 4.40. The zero-order chi connectivity index (χ0) is 13.5. The minimum Gasteiger partial charge on any atom is -0.489 e. The molecule has 0 bridgehead atoms. The minimum absolute atomic E-state index is 0.0755. The molecule has 100 valence electrons. The maximum Gasteiger partial charge on any atom is 0.124 e. The number of para-hydroxylation sites is 1. The van der Waals surface area contributed by atoms with Crippen LogP contribution in [0.15, 0.2) is 48.5 Å². The third-order valence-electron chi connectivity index (χ3n) is 2.94. The van der Waals surface area contributed by atoms with Gasteiger partial charge in [-0.3, -0.25) is 0 Å². The highest BCUT2D eigenvalue weighted by atomic mass is 16.5. The van der Waals surface area contributed by atoms with Crippen LogP contribution < -0.4 is 10.1 Å². The summed E-state index contributed by atoms with van der Waals surface area (Å²) < 4.78 is 5.85. The number of aliphatic hydroxyl groups is 1. The molecule has 0 spiro atoms. The molecule has 0 aliphatic heterocycles. The molecule has 2 aromatic carbocycles. The second kappa shape index (κ2) is 6.92. The van der Waals surface area contributed by atoms with Gasteiger partial charge in [0.25, 0.3) is 0 Å². The number of ether oxygens (including phenoxy) is 1. The molecular weight excluding hydrogens is 238 g/mol. The first kappa shape index (κ1) is 13.6. The van der Waals surface area contributed by atoms with Gasteiger partial charge in [0.2, 0.25) is 0 Å². The molecule has 0 saturated heterocycles. The van der Waals surface area contributed by atoms with E-state index in [2.05, 4.69) is 11.4 Å². The summed E-state index contributed by atoms with van der Waals surface area (Å²) in [5, 5.41) is 12.1. The molecule has 2 N–H and O–H groups in total. The summed E-state index contributed by atoms with van der Waals surface area (Å²) in [6.45, 7) is 1.40. The van der Waals surface area contributed by atoms with Crippen LogP contribution in [0, 0.1) is 0 Å². The number of hydrogen-bond donors (Lipinski definition) is 2. The van der Waals surface area contributed by atoms with Crippen molar-refractivity contribution < 1.29 is 9.84 Å². The monoisotopic (exact) mass is 257 g/mol. The fraction of sp³-hybridized carbons (Fsp3) is 0.250. The molecule has 0 heterocycles. The number of nitrogens with one attached hydrogen (secondary N) is 1. The first-order valence-electron chi connectivity index (χ1n) is 6.37. The van der Waals surface area contributed by atoms with Crippen molar-refractivity contribution in [2.24, 2.45) is 0 Å². The largest absolute Gasteiger partial charge is 0.489 e. The standard InChI is InChI=1S/C16H19NO2/c1-17-10-15-4-2-3-5-16(15)19-12-14-8-6-13(11-18)7-9-14/h2-9,17-18H,10-12H2,1H3. The number of rotatable bonds is 6. The highest BCUT2D eigenvalue weighted by Gasteiger charge is 2.02. The highest BCUT2D eigenvalue weighted by molar-refractivity contribution is 5.33. The van der Waals surface area contributed by atoms with Gasteiger partial charge >= 0.3 is 0 Å². The normalized spacial score (nSPS) is 10.4. The average molecular weight is 257 g/mol. The lowest BCUT2D eigenvalue weighted by Crippen LogP contribution is -2.07. The Bertz CT molecular complexity index is 508. The van der Waals surface area contributed by atoms with Crippen molar-refractivity contribution in [1.29, 1.82) is 0 Å². The molecule has 0 aromatic heterocycles. The van der Waals surface area contributed by atoms with Crippen molar-refractivity contribution in [1.82, 2.24) is 5.32 Å². The second-order valence-electron chi connectivity index (χ2n) is 4.40. The first-order valence-corrected chi connectivity index (χ1v) is 6.37. The van der Waals surface area contributed by atoms with Crippen molar-refractivity contribution in [3.8, 4) is 5.75 Å². The predicted octanol–water partition coefficient (Wildman–Crippen LogP) is 2.48. The predicted molar refractivity (Wildman–Crippen MR) is 75.9 cm³/mol. The van der Waals surface area contributed by atoms with Crippen molar-refractivity contribution in [2.45, 2.75) is 19.8 Å². The van der Waals surface area contributed by atoms with Crippen LogP contribution in [0.2, 0.25) is 0 Å². The maximum atomic E-state index is 8.99. The van der Waals surface area contributed by atoms with E-state index in [4.69, 9.17) is 9.84 Å².